The quantitative estimate of drug-likeness (QED) is 0.813. The molecule has 1 amide bonds. The van der Waals surface area contributed by atoms with Crippen LogP contribution in [0.5, 0.6) is 0 Å². The van der Waals surface area contributed by atoms with Crippen LogP contribution >= 0.6 is 0 Å². The molecule has 2 N–H and O–H groups in total. The van der Waals surface area contributed by atoms with Gasteiger partial charge >= 0.3 is 0 Å². The van der Waals surface area contributed by atoms with Crippen molar-refractivity contribution < 1.29 is 4.79 Å². The van der Waals surface area contributed by atoms with E-state index < -0.39 is 0 Å². The van der Waals surface area contributed by atoms with Crippen molar-refractivity contribution in [3.05, 3.63) is 42.0 Å². The van der Waals surface area contributed by atoms with Crippen molar-refractivity contribution in [1.82, 2.24) is 20.1 Å². The molecule has 2 rings (SSSR count). The summed E-state index contributed by atoms with van der Waals surface area (Å²) in [7, 11) is 0. The predicted octanol–water partition coefficient (Wildman–Crippen LogP) is 2.23. The zero-order valence-electron chi connectivity index (χ0n) is 12.1. The molecule has 0 fully saturated rings. The SMILES string of the molecule is CC(C)CCc1cc(C(=O)NCCn2cccc2)n[nH]1. The molecular formula is C15H22N4O. The molecule has 0 spiro atoms. The Balaban J connectivity index is 1.77. The van der Waals surface area contributed by atoms with Crippen LogP contribution in [0.4, 0.5) is 0 Å². The van der Waals surface area contributed by atoms with Gasteiger partial charge in [0.05, 0.1) is 0 Å². The number of amides is 1. The lowest BCUT2D eigenvalue weighted by Crippen LogP contribution is -2.27. The summed E-state index contributed by atoms with van der Waals surface area (Å²) < 4.78 is 2.03. The predicted molar refractivity (Wildman–Crippen MR) is 78.5 cm³/mol. The van der Waals surface area contributed by atoms with Crippen LogP contribution in [-0.2, 0) is 13.0 Å². The number of hydrogen-bond acceptors (Lipinski definition) is 2. The standard InChI is InChI=1S/C15H22N4O/c1-12(2)5-6-13-11-14(18-17-13)15(20)16-7-10-19-8-3-4-9-19/h3-4,8-9,11-12H,5-7,10H2,1-2H3,(H,16,20)(H,17,18). The molecule has 2 aromatic rings. The van der Waals surface area contributed by atoms with E-state index >= 15 is 0 Å². The number of H-pyrrole nitrogens is 1. The largest absolute Gasteiger partial charge is 0.353 e. The number of hydrogen-bond donors (Lipinski definition) is 2. The normalized spacial score (nSPS) is 10.9. The molecule has 0 atom stereocenters. The van der Waals surface area contributed by atoms with E-state index in [1.54, 1.807) is 0 Å². The maximum Gasteiger partial charge on any atom is 0.271 e. The van der Waals surface area contributed by atoms with Gasteiger partial charge in [0.15, 0.2) is 0 Å². The van der Waals surface area contributed by atoms with Gasteiger partial charge in [-0.2, -0.15) is 5.10 Å². The molecule has 2 aromatic heterocycles. The Hall–Kier alpha value is -2.04. The van der Waals surface area contributed by atoms with E-state index in [1.807, 2.05) is 35.2 Å². The first-order valence-electron chi connectivity index (χ1n) is 7.08. The third-order valence-electron chi connectivity index (χ3n) is 3.18. The third-order valence-corrected chi connectivity index (χ3v) is 3.18. The molecule has 0 radical (unpaired) electrons. The van der Waals surface area contributed by atoms with Gasteiger partial charge in [0.2, 0.25) is 0 Å². The second-order valence-electron chi connectivity index (χ2n) is 5.39. The van der Waals surface area contributed by atoms with E-state index in [9.17, 15) is 4.79 Å². The minimum atomic E-state index is -0.121. The summed E-state index contributed by atoms with van der Waals surface area (Å²) in [5.74, 6) is 0.529. The Morgan fingerprint density at radius 1 is 1.40 bits per heavy atom. The smallest absolute Gasteiger partial charge is 0.271 e. The Morgan fingerprint density at radius 3 is 2.85 bits per heavy atom. The molecule has 0 aliphatic carbocycles. The second-order valence-corrected chi connectivity index (χ2v) is 5.39. The van der Waals surface area contributed by atoms with Gasteiger partial charge in [0, 0.05) is 31.2 Å². The van der Waals surface area contributed by atoms with E-state index in [2.05, 4.69) is 29.4 Å². The van der Waals surface area contributed by atoms with Crippen LogP contribution < -0.4 is 5.32 Å². The fourth-order valence-corrected chi connectivity index (χ4v) is 1.96. The molecule has 5 nitrogen and oxygen atoms in total. The van der Waals surface area contributed by atoms with Crippen molar-refractivity contribution in [2.45, 2.75) is 33.2 Å². The highest BCUT2D eigenvalue weighted by molar-refractivity contribution is 5.92. The highest BCUT2D eigenvalue weighted by atomic mass is 16.1. The van der Waals surface area contributed by atoms with Crippen molar-refractivity contribution in [3.63, 3.8) is 0 Å². The fourth-order valence-electron chi connectivity index (χ4n) is 1.96. The topological polar surface area (TPSA) is 62.7 Å². The van der Waals surface area contributed by atoms with Gasteiger partial charge in [-0.05, 0) is 37.0 Å². The summed E-state index contributed by atoms with van der Waals surface area (Å²) in [5.41, 5.74) is 1.49. The van der Waals surface area contributed by atoms with Crippen molar-refractivity contribution >= 4 is 5.91 Å². The van der Waals surface area contributed by atoms with Gasteiger partial charge in [0.25, 0.3) is 5.91 Å². The minimum Gasteiger partial charge on any atom is -0.353 e. The van der Waals surface area contributed by atoms with Crippen molar-refractivity contribution in [3.8, 4) is 0 Å². The van der Waals surface area contributed by atoms with Gasteiger partial charge in [-0.1, -0.05) is 13.8 Å². The molecule has 0 saturated heterocycles. The zero-order chi connectivity index (χ0) is 14.4. The molecule has 2 heterocycles. The van der Waals surface area contributed by atoms with Gasteiger partial charge in [0.1, 0.15) is 5.69 Å². The molecule has 0 bridgehead atoms. The summed E-state index contributed by atoms with van der Waals surface area (Å²) in [4.78, 5) is 11.9. The number of rotatable bonds is 7. The number of aryl methyl sites for hydroxylation is 1. The monoisotopic (exact) mass is 274 g/mol. The van der Waals surface area contributed by atoms with E-state index in [1.165, 1.54) is 0 Å². The van der Waals surface area contributed by atoms with Crippen LogP contribution in [0.2, 0.25) is 0 Å². The van der Waals surface area contributed by atoms with Crippen LogP contribution in [0.15, 0.2) is 30.6 Å². The molecule has 0 aromatic carbocycles. The average Bonchev–Trinajstić information content (AvgIpc) is 3.07. The number of nitrogens with one attached hydrogen (secondary N) is 2. The molecule has 0 aliphatic rings. The lowest BCUT2D eigenvalue weighted by Gasteiger charge is -2.04. The van der Waals surface area contributed by atoms with E-state index in [0.29, 0.717) is 18.2 Å². The first-order valence-corrected chi connectivity index (χ1v) is 7.08. The minimum absolute atomic E-state index is 0.121. The Labute approximate surface area is 119 Å². The number of carbonyl (C=O) groups excluding carboxylic acids is 1. The molecule has 20 heavy (non-hydrogen) atoms. The van der Waals surface area contributed by atoms with Crippen molar-refractivity contribution in [2.24, 2.45) is 5.92 Å². The van der Waals surface area contributed by atoms with E-state index in [-0.39, 0.29) is 5.91 Å². The van der Waals surface area contributed by atoms with Gasteiger partial charge in [-0.3, -0.25) is 9.89 Å². The zero-order valence-corrected chi connectivity index (χ0v) is 12.1. The summed E-state index contributed by atoms with van der Waals surface area (Å²) in [6.07, 6.45) is 5.98. The van der Waals surface area contributed by atoms with E-state index in [4.69, 9.17) is 0 Å². The lowest BCUT2D eigenvalue weighted by atomic mass is 10.1. The maximum absolute atomic E-state index is 11.9. The Morgan fingerprint density at radius 2 is 2.15 bits per heavy atom. The van der Waals surface area contributed by atoms with Crippen LogP contribution in [0.25, 0.3) is 0 Å². The number of nitrogens with zero attached hydrogens (tertiary/aromatic N) is 2. The van der Waals surface area contributed by atoms with Crippen LogP contribution in [0.3, 0.4) is 0 Å². The Bertz CT molecular complexity index is 528. The highest BCUT2D eigenvalue weighted by Crippen LogP contribution is 2.08. The third kappa shape index (κ3) is 4.26. The first-order chi connectivity index (χ1) is 9.65. The van der Waals surface area contributed by atoms with E-state index in [0.717, 1.165) is 25.1 Å². The summed E-state index contributed by atoms with van der Waals surface area (Å²) in [6.45, 7) is 5.74. The highest BCUT2D eigenvalue weighted by Gasteiger charge is 2.10. The molecule has 108 valence electrons. The van der Waals surface area contributed by atoms with Crippen LogP contribution in [0.1, 0.15) is 36.5 Å². The van der Waals surface area contributed by atoms with Gasteiger partial charge in [-0.15, -0.1) is 0 Å². The molecule has 0 saturated carbocycles. The fraction of sp³-hybridized carbons (Fsp3) is 0.467. The van der Waals surface area contributed by atoms with Crippen molar-refractivity contribution in [1.29, 1.82) is 0 Å². The number of aromatic nitrogens is 3. The summed E-state index contributed by atoms with van der Waals surface area (Å²) >= 11 is 0. The second kappa shape index (κ2) is 6.93. The average molecular weight is 274 g/mol. The number of aromatic amines is 1. The first kappa shape index (κ1) is 14.4. The van der Waals surface area contributed by atoms with Crippen LogP contribution in [0, 0.1) is 5.92 Å². The lowest BCUT2D eigenvalue weighted by molar-refractivity contribution is 0.0947. The number of carbonyl (C=O) groups is 1. The summed E-state index contributed by atoms with van der Waals surface area (Å²) in [5, 5.41) is 9.87. The summed E-state index contributed by atoms with van der Waals surface area (Å²) in [6, 6.07) is 5.78. The van der Waals surface area contributed by atoms with Crippen LogP contribution in [-0.4, -0.2) is 27.2 Å². The Kier molecular flexibility index (Phi) is 4.98. The van der Waals surface area contributed by atoms with Gasteiger partial charge in [-0.25, -0.2) is 0 Å². The molecular weight excluding hydrogens is 252 g/mol. The molecule has 0 aliphatic heterocycles. The van der Waals surface area contributed by atoms with Crippen molar-refractivity contribution in [2.75, 3.05) is 6.54 Å². The maximum atomic E-state index is 11.9. The molecule has 0 unspecified atom stereocenters. The van der Waals surface area contributed by atoms with Gasteiger partial charge < -0.3 is 9.88 Å². The molecule has 5 heteroatoms.